The Bertz CT molecular complexity index is 1260. The molecule has 27 heavy (non-hydrogen) atoms. The van der Waals surface area contributed by atoms with Gasteiger partial charge >= 0.3 is 0 Å². The lowest BCUT2D eigenvalue weighted by molar-refractivity contribution is 0.854. The summed E-state index contributed by atoms with van der Waals surface area (Å²) in [6, 6.07) is 25.7. The molecule has 0 saturated carbocycles. The van der Waals surface area contributed by atoms with Gasteiger partial charge in [-0.3, -0.25) is 0 Å². The minimum atomic E-state index is 0.775. The lowest BCUT2D eigenvalue weighted by atomic mass is 9.93. The van der Waals surface area contributed by atoms with Crippen molar-refractivity contribution in [2.45, 2.75) is 13.3 Å². The quantitative estimate of drug-likeness (QED) is 0.307. The van der Waals surface area contributed by atoms with Crippen LogP contribution in [0.15, 0.2) is 72.8 Å². The van der Waals surface area contributed by atoms with Gasteiger partial charge in [0.1, 0.15) is 0 Å². The van der Waals surface area contributed by atoms with E-state index in [1.807, 2.05) is 6.07 Å². The van der Waals surface area contributed by atoms with E-state index in [4.69, 9.17) is 11.6 Å². The van der Waals surface area contributed by atoms with Crippen molar-refractivity contribution in [3.8, 4) is 22.3 Å². The van der Waals surface area contributed by atoms with Gasteiger partial charge in [-0.25, -0.2) is 0 Å². The van der Waals surface area contributed by atoms with Crippen molar-refractivity contribution >= 4 is 33.3 Å². The number of nitrogens with zero attached hydrogens (tertiary/aromatic N) is 1. The summed E-state index contributed by atoms with van der Waals surface area (Å²) in [6.07, 6.45) is 0.980. The predicted octanol–water partition coefficient (Wildman–Crippen LogP) is 7.32. The number of halogens is 1. The molecule has 0 atom stereocenters. The molecule has 132 valence electrons. The van der Waals surface area contributed by atoms with Gasteiger partial charge in [0.25, 0.3) is 0 Å². The molecule has 0 unspecified atom stereocenters. The van der Waals surface area contributed by atoms with Crippen molar-refractivity contribution < 1.29 is 0 Å². The van der Waals surface area contributed by atoms with Crippen molar-refractivity contribution in [1.82, 2.24) is 4.57 Å². The smallest absolute Gasteiger partial charge is 0.0487 e. The predicted molar refractivity (Wildman–Crippen MR) is 117 cm³/mol. The summed E-state index contributed by atoms with van der Waals surface area (Å²) < 4.78 is 2.33. The van der Waals surface area contributed by atoms with Gasteiger partial charge in [-0.2, -0.15) is 0 Å². The Balaban J connectivity index is 2.11. The molecule has 2 heteroatoms. The fraction of sp³-hybridized carbons (Fsp3) is 0.120. The zero-order valence-electron chi connectivity index (χ0n) is 15.5. The molecule has 5 rings (SSSR count). The van der Waals surface area contributed by atoms with Crippen molar-refractivity contribution in [1.29, 1.82) is 0 Å². The molecule has 0 radical (unpaired) electrons. The molecular weight excluding hydrogens is 350 g/mol. The second-order valence-electron chi connectivity index (χ2n) is 7.06. The fourth-order valence-corrected chi connectivity index (χ4v) is 4.69. The van der Waals surface area contributed by atoms with Gasteiger partial charge in [-0.05, 0) is 46.5 Å². The van der Waals surface area contributed by atoms with Crippen LogP contribution in [0.2, 0.25) is 5.02 Å². The first kappa shape index (κ1) is 16.4. The average Bonchev–Trinajstić information content (AvgIpc) is 3.04. The van der Waals surface area contributed by atoms with Crippen LogP contribution < -0.4 is 0 Å². The highest BCUT2D eigenvalue weighted by Gasteiger charge is 2.25. The van der Waals surface area contributed by atoms with Gasteiger partial charge in [0.2, 0.25) is 0 Å². The average molecular weight is 370 g/mol. The molecule has 0 saturated heterocycles. The summed E-state index contributed by atoms with van der Waals surface area (Å²) in [5, 5.41) is 4.62. The molecule has 0 spiro atoms. The van der Waals surface area contributed by atoms with E-state index in [2.05, 4.69) is 85.3 Å². The summed E-state index contributed by atoms with van der Waals surface area (Å²) in [4.78, 5) is 0. The van der Waals surface area contributed by atoms with Crippen molar-refractivity contribution in [2.24, 2.45) is 7.05 Å². The Hall–Kier alpha value is -2.77. The zero-order valence-corrected chi connectivity index (χ0v) is 16.2. The molecule has 0 aromatic heterocycles. The fourth-order valence-electron chi connectivity index (χ4n) is 4.52. The van der Waals surface area contributed by atoms with Gasteiger partial charge < -0.3 is 4.57 Å². The molecule has 1 nitrogen and oxygen atoms in total. The second-order valence-corrected chi connectivity index (χ2v) is 7.49. The van der Waals surface area contributed by atoms with Crippen molar-refractivity contribution in [3.63, 3.8) is 0 Å². The van der Waals surface area contributed by atoms with E-state index in [-0.39, 0.29) is 0 Å². The SMILES string of the molecule is CCc1c2c3ccccc3c(-c3ccccc3)c-2c2cc(Cl)ccc2n1C. The maximum absolute atomic E-state index is 6.43. The normalized spacial score (nSPS) is 11.7. The summed E-state index contributed by atoms with van der Waals surface area (Å²) in [5.41, 5.74) is 7.80. The molecule has 2 aliphatic rings. The number of aromatic nitrogens is 1. The van der Waals surface area contributed by atoms with E-state index >= 15 is 0 Å². The van der Waals surface area contributed by atoms with E-state index < -0.39 is 0 Å². The van der Waals surface area contributed by atoms with Crippen LogP contribution in [0, 0.1) is 0 Å². The first-order valence-corrected chi connectivity index (χ1v) is 9.75. The van der Waals surface area contributed by atoms with E-state index in [9.17, 15) is 0 Å². The highest BCUT2D eigenvalue weighted by Crippen LogP contribution is 2.50. The van der Waals surface area contributed by atoms with Crippen LogP contribution in [0.5, 0.6) is 0 Å². The van der Waals surface area contributed by atoms with Gasteiger partial charge in [0.05, 0.1) is 0 Å². The number of hydrogen-bond acceptors (Lipinski definition) is 0. The number of pyridine rings is 1. The number of benzene rings is 3. The van der Waals surface area contributed by atoms with E-state index in [0.717, 1.165) is 11.4 Å². The van der Waals surface area contributed by atoms with E-state index in [0.29, 0.717) is 0 Å². The van der Waals surface area contributed by atoms with Crippen LogP contribution in [0.4, 0.5) is 0 Å². The van der Waals surface area contributed by atoms with Crippen molar-refractivity contribution in [3.05, 3.63) is 83.5 Å². The maximum atomic E-state index is 6.43. The Morgan fingerprint density at radius 3 is 2.11 bits per heavy atom. The molecule has 3 aromatic carbocycles. The molecular formula is C25H20ClN. The third-order valence-electron chi connectivity index (χ3n) is 5.65. The van der Waals surface area contributed by atoms with Gasteiger partial charge in [0.15, 0.2) is 0 Å². The number of rotatable bonds is 2. The topological polar surface area (TPSA) is 4.93 Å². The summed E-state index contributed by atoms with van der Waals surface area (Å²) in [6.45, 7) is 2.24. The lowest BCUT2D eigenvalue weighted by Crippen LogP contribution is -2.05. The Morgan fingerprint density at radius 1 is 0.741 bits per heavy atom. The highest BCUT2D eigenvalue weighted by atomic mass is 35.5. The molecule has 1 heterocycles. The number of aryl methyl sites for hydroxylation is 1. The van der Waals surface area contributed by atoms with E-state index in [1.54, 1.807) is 0 Å². The van der Waals surface area contributed by atoms with Crippen LogP contribution in [-0.4, -0.2) is 4.57 Å². The third-order valence-corrected chi connectivity index (χ3v) is 5.88. The molecule has 3 aromatic rings. The minimum Gasteiger partial charge on any atom is -0.347 e. The van der Waals surface area contributed by atoms with Crippen LogP contribution >= 0.6 is 11.6 Å². The third kappa shape index (κ3) is 2.32. The Morgan fingerprint density at radius 2 is 1.41 bits per heavy atom. The van der Waals surface area contributed by atoms with Crippen LogP contribution in [-0.2, 0) is 13.5 Å². The van der Waals surface area contributed by atoms with Gasteiger partial charge in [-0.1, -0.05) is 73.1 Å². The Labute approximate surface area is 164 Å². The molecule has 1 aliphatic heterocycles. The summed E-state index contributed by atoms with van der Waals surface area (Å²) >= 11 is 6.43. The van der Waals surface area contributed by atoms with Crippen LogP contribution in [0.3, 0.4) is 0 Å². The molecule has 0 N–H and O–H groups in total. The van der Waals surface area contributed by atoms with Gasteiger partial charge in [0, 0.05) is 39.8 Å². The van der Waals surface area contributed by atoms with Crippen molar-refractivity contribution in [2.75, 3.05) is 0 Å². The lowest BCUT2D eigenvalue weighted by Gasteiger charge is -2.20. The maximum Gasteiger partial charge on any atom is 0.0487 e. The number of hydrogen-bond donors (Lipinski definition) is 0. The van der Waals surface area contributed by atoms with Crippen LogP contribution in [0.1, 0.15) is 12.6 Å². The summed E-state index contributed by atoms with van der Waals surface area (Å²) in [7, 11) is 2.17. The van der Waals surface area contributed by atoms with Gasteiger partial charge in [-0.15, -0.1) is 0 Å². The Kier molecular flexibility index (Phi) is 3.73. The van der Waals surface area contributed by atoms with E-state index in [1.165, 1.54) is 49.6 Å². The highest BCUT2D eigenvalue weighted by molar-refractivity contribution is 6.32. The number of fused-ring (bicyclic) bond motifs is 5. The minimum absolute atomic E-state index is 0.775. The summed E-state index contributed by atoms with van der Waals surface area (Å²) in [5.74, 6) is 0. The standard InChI is InChI=1S/C25H20ClN/c1-3-21-24-19-12-8-7-11-18(19)23(16-9-5-4-6-10-16)25(24)20-15-17(26)13-14-22(20)27(21)2/h4-15H,3H2,1-2H3. The first-order chi connectivity index (χ1) is 13.2. The van der Waals surface area contributed by atoms with Crippen LogP contribution in [0.25, 0.3) is 43.9 Å². The monoisotopic (exact) mass is 369 g/mol. The molecule has 0 fully saturated rings. The molecule has 1 aliphatic carbocycles. The second kappa shape index (κ2) is 6.14. The molecule has 0 bridgehead atoms. The molecule has 0 amide bonds. The largest absolute Gasteiger partial charge is 0.347 e. The zero-order chi connectivity index (χ0) is 18.5. The first-order valence-electron chi connectivity index (χ1n) is 9.37.